The molecule has 1 amide bonds. The zero-order chi connectivity index (χ0) is 13.9. The summed E-state index contributed by atoms with van der Waals surface area (Å²) in [6, 6.07) is 9.53. The lowest BCUT2D eigenvalue weighted by molar-refractivity contribution is 0.102. The smallest absolute Gasteiger partial charge is 0.274 e. The highest BCUT2D eigenvalue weighted by atomic mass is 16.1. The van der Waals surface area contributed by atoms with Gasteiger partial charge in [0.05, 0.1) is 0 Å². The first kappa shape index (κ1) is 12.8. The largest absolute Gasteiger partial charge is 0.321 e. The van der Waals surface area contributed by atoms with E-state index in [2.05, 4.69) is 22.2 Å². The minimum atomic E-state index is -0.182. The van der Waals surface area contributed by atoms with Gasteiger partial charge in [-0.05, 0) is 43.0 Å². The van der Waals surface area contributed by atoms with Crippen LogP contribution in [0, 0.1) is 0 Å². The molecule has 0 radical (unpaired) electrons. The third-order valence-corrected chi connectivity index (χ3v) is 3.47. The number of carbonyl (C=O) groups is 1. The second kappa shape index (κ2) is 5.41. The highest BCUT2D eigenvalue weighted by Gasteiger charge is 2.27. The van der Waals surface area contributed by atoms with Gasteiger partial charge in [-0.2, -0.15) is 0 Å². The van der Waals surface area contributed by atoms with Crippen LogP contribution in [0.2, 0.25) is 0 Å². The van der Waals surface area contributed by atoms with Crippen molar-refractivity contribution in [2.45, 2.75) is 32.1 Å². The Balaban J connectivity index is 1.73. The van der Waals surface area contributed by atoms with E-state index in [-0.39, 0.29) is 5.91 Å². The first-order valence-corrected chi connectivity index (χ1v) is 6.99. The van der Waals surface area contributed by atoms with Gasteiger partial charge in [-0.25, -0.2) is 9.97 Å². The number of nitrogens with one attached hydrogen (secondary N) is 1. The van der Waals surface area contributed by atoms with Crippen LogP contribution in [0.15, 0.2) is 36.5 Å². The van der Waals surface area contributed by atoms with Gasteiger partial charge in [-0.15, -0.1) is 0 Å². The number of benzene rings is 1. The number of aryl methyl sites for hydroxylation is 1. The van der Waals surface area contributed by atoms with Crippen molar-refractivity contribution in [3.05, 3.63) is 53.6 Å². The van der Waals surface area contributed by atoms with Crippen LogP contribution in [0.1, 0.15) is 47.6 Å². The van der Waals surface area contributed by atoms with Gasteiger partial charge >= 0.3 is 0 Å². The van der Waals surface area contributed by atoms with Crippen molar-refractivity contribution in [1.82, 2.24) is 9.97 Å². The van der Waals surface area contributed by atoms with Gasteiger partial charge in [-0.3, -0.25) is 4.79 Å². The Kier molecular flexibility index (Phi) is 3.46. The van der Waals surface area contributed by atoms with E-state index in [4.69, 9.17) is 0 Å². The number of carbonyl (C=O) groups excluding carboxylic acids is 1. The van der Waals surface area contributed by atoms with Crippen molar-refractivity contribution >= 4 is 11.6 Å². The first-order chi connectivity index (χ1) is 9.76. The maximum Gasteiger partial charge on any atom is 0.274 e. The molecule has 4 nitrogen and oxygen atoms in total. The van der Waals surface area contributed by atoms with Gasteiger partial charge in [0.1, 0.15) is 11.5 Å². The fourth-order valence-corrected chi connectivity index (χ4v) is 2.06. The van der Waals surface area contributed by atoms with Crippen molar-refractivity contribution in [1.29, 1.82) is 0 Å². The van der Waals surface area contributed by atoms with Gasteiger partial charge in [0.25, 0.3) is 5.91 Å². The summed E-state index contributed by atoms with van der Waals surface area (Å²) in [4.78, 5) is 20.7. The Morgan fingerprint density at radius 1 is 1.25 bits per heavy atom. The molecule has 1 aliphatic carbocycles. The van der Waals surface area contributed by atoms with Crippen LogP contribution in [-0.2, 0) is 6.42 Å². The summed E-state index contributed by atoms with van der Waals surface area (Å²) in [7, 11) is 0. The quantitative estimate of drug-likeness (QED) is 0.925. The molecule has 1 aromatic heterocycles. The van der Waals surface area contributed by atoms with E-state index in [0.29, 0.717) is 11.6 Å². The van der Waals surface area contributed by atoms with Crippen molar-refractivity contribution in [3.8, 4) is 0 Å². The Morgan fingerprint density at radius 3 is 2.65 bits per heavy atom. The molecule has 2 aromatic rings. The number of hydrogen-bond acceptors (Lipinski definition) is 3. The van der Waals surface area contributed by atoms with E-state index in [1.54, 1.807) is 12.3 Å². The Labute approximate surface area is 118 Å². The number of amides is 1. The fourth-order valence-electron chi connectivity index (χ4n) is 2.06. The van der Waals surface area contributed by atoms with E-state index >= 15 is 0 Å². The molecule has 1 saturated carbocycles. The number of hydrogen-bond donors (Lipinski definition) is 1. The molecule has 0 unspecified atom stereocenters. The molecule has 1 aliphatic rings. The van der Waals surface area contributed by atoms with Crippen molar-refractivity contribution in [2.75, 3.05) is 5.32 Å². The monoisotopic (exact) mass is 267 g/mol. The zero-order valence-corrected chi connectivity index (χ0v) is 11.5. The average molecular weight is 267 g/mol. The molecule has 102 valence electrons. The highest BCUT2D eigenvalue weighted by Crippen LogP contribution is 2.37. The topological polar surface area (TPSA) is 54.9 Å². The third kappa shape index (κ3) is 2.85. The molecule has 3 rings (SSSR count). The molecule has 0 atom stereocenters. The highest BCUT2D eigenvalue weighted by molar-refractivity contribution is 6.02. The lowest BCUT2D eigenvalue weighted by Gasteiger charge is -2.06. The number of aromatic nitrogens is 2. The van der Waals surface area contributed by atoms with Crippen LogP contribution in [-0.4, -0.2) is 15.9 Å². The van der Waals surface area contributed by atoms with E-state index in [0.717, 1.165) is 30.8 Å². The summed E-state index contributed by atoms with van der Waals surface area (Å²) in [5.41, 5.74) is 2.47. The SMILES string of the molecule is CCc1ccc(NC(=O)c2ccnc(C3CC3)n2)cc1. The van der Waals surface area contributed by atoms with Gasteiger partial charge in [-0.1, -0.05) is 19.1 Å². The zero-order valence-electron chi connectivity index (χ0n) is 11.5. The summed E-state index contributed by atoms with van der Waals surface area (Å²) in [5, 5.41) is 2.87. The normalized spacial score (nSPS) is 14.1. The molecular weight excluding hydrogens is 250 g/mol. The van der Waals surface area contributed by atoms with Crippen LogP contribution >= 0.6 is 0 Å². The standard InChI is InChI=1S/C16H17N3O/c1-2-11-3-7-13(8-4-11)18-16(20)14-9-10-17-15(19-14)12-5-6-12/h3-4,7-10,12H,2,5-6H2,1H3,(H,18,20). The molecule has 0 aliphatic heterocycles. The summed E-state index contributed by atoms with van der Waals surface area (Å²) >= 11 is 0. The summed E-state index contributed by atoms with van der Waals surface area (Å²) in [6.45, 7) is 2.11. The second-order valence-corrected chi connectivity index (χ2v) is 5.08. The van der Waals surface area contributed by atoms with Crippen LogP contribution in [0.5, 0.6) is 0 Å². The van der Waals surface area contributed by atoms with Gasteiger partial charge < -0.3 is 5.32 Å². The molecule has 0 spiro atoms. The maximum absolute atomic E-state index is 12.2. The van der Waals surface area contributed by atoms with Crippen molar-refractivity contribution < 1.29 is 4.79 Å². The molecule has 0 saturated heterocycles. The van der Waals surface area contributed by atoms with E-state index in [1.165, 1.54) is 5.56 Å². The third-order valence-electron chi connectivity index (χ3n) is 3.47. The minimum absolute atomic E-state index is 0.182. The first-order valence-electron chi connectivity index (χ1n) is 6.99. The predicted octanol–water partition coefficient (Wildman–Crippen LogP) is 3.17. The Bertz CT molecular complexity index is 618. The van der Waals surface area contributed by atoms with E-state index in [9.17, 15) is 4.79 Å². The summed E-state index contributed by atoms with van der Waals surface area (Å²) < 4.78 is 0. The summed E-state index contributed by atoms with van der Waals surface area (Å²) in [5.74, 6) is 1.06. The van der Waals surface area contributed by atoms with E-state index in [1.807, 2.05) is 24.3 Å². The van der Waals surface area contributed by atoms with E-state index < -0.39 is 0 Å². The lowest BCUT2D eigenvalue weighted by atomic mass is 10.1. The number of anilines is 1. The van der Waals surface area contributed by atoms with Crippen LogP contribution in [0.3, 0.4) is 0 Å². The average Bonchev–Trinajstić information content (AvgIpc) is 3.33. The van der Waals surface area contributed by atoms with Crippen LogP contribution < -0.4 is 5.32 Å². The molecule has 1 fully saturated rings. The van der Waals surface area contributed by atoms with Crippen molar-refractivity contribution in [3.63, 3.8) is 0 Å². The Morgan fingerprint density at radius 2 is 2.00 bits per heavy atom. The molecule has 0 bridgehead atoms. The molecule has 1 aromatic carbocycles. The second-order valence-electron chi connectivity index (χ2n) is 5.08. The molecule has 20 heavy (non-hydrogen) atoms. The minimum Gasteiger partial charge on any atom is -0.321 e. The van der Waals surface area contributed by atoms with Gasteiger partial charge in [0.15, 0.2) is 0 Å². The molecule has 1 N–H and O–H groups in total. The lowest BCUT2D eigenvalue weighted by Crippen LogP contribution is -2.14. The van der Waals surface area contributed by atoms with Crippen LogP contribution in [0.4, 0.5) is 5.69 Å². The predicted molar refractivity (Wildman–Crippen MR) is 77.8 cm³/mol. The fraction of sp³-hybridized carbons (Fsp3) is 0.312. The molecule has 4 heteroatoms. The Hall–Kier alpha value is -2.23. The van der Waals surface area contributed by atoms with Gasteiger partial charge in [0, 0.05) is 17.8 Å². The number of rotatable bonds is 4. The van der Waals surface area contributed by atoms with Crippen molar-refractivity contribution in [2.24, 2.45) is 0 Å². The summed E-state index contributed by atoms with van der Waals surface area (Å²) in [6.07, 6.45) is 4.91. The molecular formula is C16H17N3O. The van der Waals surface area contributed by atoms with Crippen LogP contribution in [0.25, 0.3) is 0 Å². The number of nitrogens with zero attached hydrogens (tertiary/aromatic N) is 2. The molecule has 1 heterocycles. The maximum atomic E-state index is 12.2. The van der Waals surface area contributed by atoms with Gasteiger partial charge in [0.2, 0.25) is 0 Å².